The van der Waals surface area contributed by atoms with Crippen molar-refractivity contribution in [1.29, 1.82) is 0 Å². The van der Waals surface area contributed by atoms with Crippen molar-refractivity contribution < 1.29 is 18.7 Å². The van der Waals surface area contributed by atoms with Crippen molar-refractivity contribution in [1.82, 2.24) is 0 Å². The van der Waals surface area contributed by atoms with Crippen molar-refractivity contribution in [2.24, 2.45) is 5.92 Å². The molecule has 0 unspecified atom stereocenters. The number of carbonyl (C=O) groups excluding carboxylic acids is 1. The number of carbonyl (C=O) groups is 1. The Hall–Kier alpha value is -2.56. The van der Waals surface area contributed by atoms with E-state index in [0.29, 0.717) is 17.2 Å². The van der Waals surface area contributed by atoms with Gasteiger partial charge in [0.1, 0.15) is 11.6 Å². The molecule has 1 fully saturated rings. The van der Waals surface area contributed by atoms with E-state index in [-0.39, 0.29) is 23.7 Å². The lowest BCUT2D eigenvalue weighted by atomic mass is 9.84. The smallest absolute Gasteiger partial charge is 0.311 e. The first-order valence-electron chi connectivity index (χ1n) is 8.10. The number of hydrogen-bond acceptors (Lipinski definition) is 4. The van der Waals surface area contributed by atoms with Gasteiger partial charge in [-0.05, 0) is 31.0 Å². The molecule has 124 valence electrons. The molecule has 0 saturated carbocycles. The number of ether oxygens (including phenoxy) is 2. The van der Waals surface area contributed by atoms with Gasteiger partial charge in [-0.15, -0.1) is 0 Å². The van der Waals surface area contributed by atoms with Gasteiger partial charge >= 0.3 is 5.97 Å². The monoisotopic (exact) mass is 327 g/mol. The lowest BCUT2D eigenvalue weighted by molar-refractivity contribution is -0.147. The van der Waals surface area contributed by atoms with E-state index in [1.807, 2.05) is 24.3 Å². The van der Waals surface area contributed by atoms with E-state index in [9.17, 15) is 9.18 Å². The number of rotatable bonds is 1. The molecular weight excluding hydrogens is 309 g/mol. The summed E-state index contributed by atoms with van der Waals surface area (Å²) in [6, 6.07) is 12.0. The van der Waals surface area contributed by atoms with E-state index >= 15 is 0 Å². The number of halogens is 1. The second-order valence-corrected chi connectivity index (χ2v) is 6.16. The summed E-state index contributed by atoms with van der Waals surface area (Å²) in [5.41, 5.74) is 1.62. The standard InChI is InChI=1S/C19H18FNO3/c1-23-19(22)14-6-4-10-21-15-11-12(20)8-9-17(15)24-16-7-3-2-5-13(16)18(14)21/h2-3,5,7-9,11,14,18H,4,6,10H2,1H3/t14-,18-/m1/s1. The Balaban J connectivity index is 1.92. The molecule has 2 aliphatic rings. The highest BCUT2D eigenvalue weighted by Crippen LogP contribution is 2.49. The first-order valence-corrected chi connectivity index (χ1v) is 8.10. The Labute approximate surface area is 139 Å². The third-order valence-electron chi connectivity index (χ3n) is 4.82. The van der Waals surface area contributed by atoms with Crippen molar-refractivity contribution in [3.63, 3.8) is 0 Å². The predicted octanol–water partition coefficient (Wildman–Crippen LogP) is 4.06. The molecule has 2 aliphatic heterocycles. The van der Waals surface area contributed by atoms with Crippen LogP contribution in [0.15, 0.2) is 42.5 Å². The average molecular weight is 327 g/mol. The maximum Gasteiger partial charge on any atom is 0.311 e. The first kappa shape index (κ1) is 15.0. The number of nitrogens with zero attached hydrogens (tertiary/aromatic N) is 1. The van der Waals surface area contributed by atoms with Crippen LogP contribution in [0.5, 0.6) is 11.5 Å². The maximum absolute atomic E-state index is 13.9. The van der Waals surface area contributed by atoms with Crippen LogP contribution in [0.1, 0.15) is 24.4 Å². The van der Waals surface area contributed by atoms with Gasteiger partial charge in [-0.1, -0.05) is 18.2 Å². The van der Waals surface area contributed by atoms with Gasteiger partial charge in [0.25, 0.3) is 0 Å². The molecule has 4 nitrogen and oxygen atoms in total. The predicted molar refractivity (Wildman–Crippen MR) is 87.7 cm³/mol. The Morgan fingerprint density at radius 2 is 2.08 bits per heavy atom. The van der Waals surface area contributed by atoms with Crippen LogP contribution in [0.2, 0.25) is 0 Å². The fourth-order valence-electron chi connectivity index (χ4n) is 3.79. The van der Waals surface area contributed by atoms with Gasteiger partial charge in [0.15, 0.2) is 5.75 Å². The van der Waals surface area contributed by atoms with Gasteiger partial charge in [-0.3, -0.25) is 4.79 Å². The zero-order valence-electron chi connectivity index (χ0n) is 13.4. The van der Waals surface area contributed by atoms with Crippen LogP contribution < -0.4 is 9.64 Å². The summed E-state index contributed by atoms with van der Waals surface area (Å²) in [4.78, 5) is 14.4. The van der Waals surface area contributed by atoms with Crippen LogP contribution in [-0.4, -0.2) is 19.6 Å². The fourth-order valence-corrected chi connectivity index (χ4v) is 3.79. The SMILES string of the molecule is COC(=O)[C@@H]1CCCN2c3cc(F)ccc3Oc3ccccc3[C@H]12. The number of hydrogen-bond donors (Lipinski definition) is 0. The molecule has 0 spiro atoms. The minimum Gasteiger partial charge on any atom is -0.469 e. The Morgan fingerprint density at radius 3 is 2.92 bits per heavy atom. The first-order chi connectivity index (χ1) is 11.7. The molecule has 1 saturated heterocycles. The summed E-state index contributed by atoms with van der Waals surface area (Å²) >= 11 is 0. The molecular formula is C19H18FNO3. The molecule has 2 aromatic rings. The van der Waals surface area contributed by atoms with E-state index in [1.54, 1.807) is 6.07 Å². The second-order valence-electron chi connectivity index (χ2n) is 6.16. The van der Waals surface area contributed by atoms with E-state index in [1.165, 1.54) is 19.2 Å². The molecule has 0 amide bonds. The van der Waals surface area contributed by atoms with Gasteiger partial charge in [0.2, 0.25) is 0 Å². The average Bonchev–Trinajstić information content (AvgIpc) is 2.75. The zero-order valence-corrected chi connectivity index (χ0v) is 13.4. The summed E-state index contributed by atoms with van der Waals surface area (Å²) in [6.45, 7) is 0.742. The van der Waals surface area contributed by atoms with Crippen LogP contribution >= 0.6 is 0 Å². The summed E-state index contributed by atoms with van der Waals surface area (Å²) in [7, 11) is 1.41. The van der Waals surface area contributed by atoms with Crippen LogP contribution in [0.3, 0.4) is 0 Å². The third kappa shape index (κ3) is 2.31. The quantitative estimate of drug-likeness (QED) is 0.740. The second kappa shape index (κ2) is 5.82. The molecule has 0 radical (unpaired) electrons. The van der Waals surface area contributed by atoms with E-state index in [4.69, 9.17) is 9.47 Å². The minimum atomic E-state index is -0.317. The number of benzene rings is 2. The van der Waals surface area contributed by atoms with Gasteiger partial charge < -0.3 is 14.4 Å². The summed E-state index contributed by atoms with van der Waals surface area (Å²) in [6.07, 6.45) is 1.58. The van der Waals surface area contributed by atoms with Crippen LogP contribution in [0.25, 0.3) is 0 Å². The van der Waals surface area contributed by atoms with E-state index in [2.05, 4.69) is 4.90 Å². The summed E-state index contributed by atoms with van der Waals surface area (Å²) in [5, 5.41) is 0. The van der Waals surface area contributed by atoms with Crippen molar-refractivity contribution in [3.8, 4) is 11.5 Å². The molecule has 0 aliphatic carbocycles. The van der Waals surface area contributed by atoms with Gasteiger partial charge in [-0.25, -0.2) is 4.39 Å². The molecule has 2 heterocycles. The lowest BCUT2D eigenvalue weighted by Crippen LogP contribution is -2.42. The molecule has 0 bridgehead atoms. The molecule has 24 heavy (non-hydrogen) atoms. The lowest BCUT2D eigenvalue weighted by Gasteiger charge is -2.40. The number of fused-ring (bicyclic) bond motifs is 5. The van der Waals surface area contributed by atoms with Gasteiger partial charge in [0, 0.05) is 18.2 Å². The highest BCUT2D eigenvalue weighted by atomic mass is 19.1. The normalized spacial score (nSPS) is 21.7. The van der Waals surface area contributed by atoms with Gasteiger partial charge in [0.05, 0.1) is 24.8 Å². The highest BCUT2D eigenvalue weighted by Gasteiger charge is 2.41. The Kier molecular flexibility index (Phi) is 3.63. The molecule has 2 atom stereocenters. The number of para-hydroxylation sites is 1. The number of methoxy groups -OCH3 is 1. The van der Waals surface area contributed by atoms with Crippen LogP contribution in [-0.2, 0) is 9.53 Å². The molecule has 0 aromatic heterocycles. The van der Waals surface area contributed by atoms with Crippen LogP contribution in [0, 0.1) is 11.7 Å². The highest BCUT2D eigenvalue weighted by molar-refractivity contribution is 5.76. The number of piperidine rings is 1. The Morgan fingerprint density at radius 1 is 1.25 bits per heavy atom. The minimum absolute atomic E-state index is 0.217. The Bertz CT molecular complexity index is 792. The fraction of sp³-hybridized carbons (Fsp3) is 0.316. The van der Waals surface area contributed by atoms with Crippen LogP contribution in [0.4, 0.5) is 10.1 Å². The topological polar surface area (TPSA) is 38.8 Å². The molecule has 0 N–H and O–H groups in total. The largest absolute Gasteiger partial charge is 0.469 e. The summed E-state index contributed by atoms with van der Waals surface area (Å²) < 4.78 is 24.9. The van der Waals surface area contributed by atoms with Crippen molar-refractivity contribution >= 4 is 11.7 Å². The van der Waals surface area contributed by atoms with Crippen molar-refractivity contribution in [2.45, 2.75) is 18.9 Å². The van der Waals surface area contributed by atoms with Crippen molar-refractivity contribution in [2.75, 3.05) is 18.6 Å². The molecule has 2 aromatic carbocycles. The summed E-state index contributed by atoms with van der Waals surface area (Å²) in [5.74, 6) is 0.454. The zero-order chi connectivity index (χ0) is 16.7. The maximum atomic E-state index is 13.9. The number of anilines is 1. The van der Waals surface area contributed by atoms with Gasteiger partial charge in [-0.2, -0.15) is 0 Å². The number of esters is 1. The third-order valence-corrected chi connectivity index (χ3v) is 4.82. The molecule has 5 heteroatoms. The molecule has 4 rings (SSSR count). The van der Waals surface area contributed by atoms with Crippen molar-refractivity contribution in [3.05, 3.63) is 53.8 Å². The van der Waals surface area contributed by atoms with E-state index < -0.39 is 0 Å². The van der Waals surface area contributed by atoms with E-state index in [0.717, 1.165) is 24.9 Å².